The van der Waals surface area contributed by atoms with Crippen LogP contribution in [0.15, 0.2) is 62.8 Å². The molecule has 1 heterocycles. The number of carbonyl (C=O) groups excluding carboxylic acids is 1. The lowest BCUT2D eigenvalue weighted by Crippen LogP contribution is -2.20. The summed E-state index contributed by atoms with van der Waals surface area (Å²) in [7, 11) is 0. The number of hydrogen-bond donors (Lipinski definition) is 1. The van der Waals surface area contributed by atoms with Crippen LogP contribution in [0.25, 0.3) is 11.0 Å². The summed E-state index contributed by atoms with van der Waals surface area (Å²) in [4.78, 5) is 24.0. The zero-order chi connectivity index (χ0) is 17.8. The molecule has 0 radical (unpaired) electrons. The molecule has 1 N–H and O–H groups in total. The van der Waals surface area contributed by atoms with Crippen LogP contribution in [0.3, 0.4) is 0 Å². The Bertz CT molecular complexity index is 1000. The second kappa shape index (κ2) is 7.13. The van der Waals surface area contributed by atoms with E-state index in [0.717, 1.165) is 22.1 Å². The number of nitrogens with zero attached hydrogens (tertiary/aromatic N) is 1. The van der Waals surface area contributed by atoms with Gasteiger partial charge in [0.15, 0.2) is 0 Å². The van der Waals surface area contributed by atoms with Crippen molar-refractivity contribution in [1.82, 2.24) is 5.43 Å². The summed E-state index contributed by atoms with van der Waals surface area (Å²) in [5, 5.41) is 4.76. The quantitative estimate of drug-likeness (QED) is 0.453. The largest absolute Gasteiger partial charge is 0.422 e. The fourth-order valence-electron chi connectivity index (χ4n) is 2.73. The average molecular weight is 334 g/mol. The Morgan fingerprint density at radius 1 is 1.12 bits per heavy atom. The first kappa shape index (κ1) is 16.6. The van der Waals surface area contributed by atoms with Gasteiger partial charge >= 0.3 is 5.63 Å². The minimum Gasteiger partial charge on any atom is -0.422 e. The second-order valence-electron chi connectivity index (χ2n) is 5.87. The van der Waals surface area contributed by atoms with Gasteiger partial charge in [-0.05, 0) is 36.1 Å². The number of fused-ring (bicyclic) bond motifs is 1. The van der Waals surface area contributed by atoms with E-state index in [1.165, 1.54) is 6.07 Å². The summed E-state index contributed by atoms with van der Waals surface area (Å²) < 4.78 is 5.32. The summed E-state index contributed by atoms with van der Waals surface area (Å²) >= 11 is 0. The highest BCUT2D eigenvalue weighted by Crippen LogP contribution is 2.24. The fraction of sp³-hybridized carbons (Fsp3) is 0.150. The Kier molecular flexibility index (Phi) is 4.75. The van der Waals surface area contributed by atoms with Gasteiger partial charge in [-0.1, -0.05) is 42.5 Å². The zero-order valence-electron chi connectivity index (χ0n) is 14.1. The molecule has 0 atom stereocenters. The summed E-state index contributed by atoms with van der Waals surface area (Å²) in [6.07, 6.45) is 1.63. The molecule has 0 unspecified atom stereocenters. The Labute approximate surface area is 145 Å². The molecule has 1 aromatic heterocycles. The van der Waals surface area contributed by atoms with Crippen LogP contribution in [-0.2, 0) is 11.2 Å². The van der Waals surface area contributed by atoms with E-state index in [1.807, 2.05) is 56.3 Å². The molecule has 0 bridgehead atoms. The van der Waals surface area contributed by atoms with E-state index < -0.39 is 5.63 Å². The van der Waals surface area contributed by atoms with Gasteiger partial charge in [-0.15, -0.1) is 0 Å². The predicted octanol–water partition coefficient (Wildman–Crippen LogP) is 3.10. The van der Waals surface area contributed by atoms with Crippen LogP contribution in [0.2, 0.25) is 0 Å². The smallest absolute Gasteiger partial charge is 0.336 e. The molecule has 3 aromatic rings. The lowest BCUT2D eigenvalue weighted by atomic mass is 10.00. The van der Waals surface area contributed by atoms with Crippen LogP contribution >= 0.6 is 0 Å². The lowest BCUT2D eigenvalue weighted by molar-refractivity contribution is -0.120. The second-order valence-corrected chi connectivity index (χ2v) is 5.87. The van der Waals surface area contributed by atoms with Gasteiger partial charge < -0.3 is 4.42 Å². The molecule has 5 heteroatoms. The summed E-state index contributed by atoms with van der Waals surface area (Å²) in [6.45, 7) is 3.80. The molecule has 0 aliphatic carbocycles. The van der Waals surface area contributed by atoms with Crippen LogP contribution in [0.1, 0.15) is 22.3 Å². The standard InChI is InChI=1S/C20H18N2O3/c1-13-8-9-14(2)20-19(13)16(11-18(24)25-20)10-17(23)22-21-12-15-6-4-3-5-7-15/h3-9,11-12H,10H2,1-2H3,(H,22,23)/b21-12+. The zero-order valence-corrected chi connectivity index (χ0v) is 14.1. The minimum absolute atomic E-state index is 0.0541. The summed E-state index contributed by atoms with van der Waals surface area (Å²) in [5.41, 5.74) is 5.91. The van der Waals surface area contributed by atoms with Crippen molar-refractivity contribution in [3.05, 3.63) is 81.2 Å². The number of hydrogen-bond acceptors (Lipinski definition) is 4. The van der Waals surface area contributed by atoms with Gasteiger partial charge in [0.25, 0.3) is 0 Å². The number of rotatable bonds is 4. The van der Waals surface area contributed by atoms with Gasteiger partial charge in [-0.3, -0.25) is 4.79 Å². The SMILES string of the molecule is Cc1ccc(C)c2c(CC(=O)N/N=C/c3ccccc3)cc(=O)oc12. The van der Waals surface area contributed by atoms with E-state index in [9.17, 15) is 9.59 Å². The van der Waals surface area contributed by atoms with Gasteiger partial charge in [-0.25, -0.2) is 10.2 Å². The first-order valence-electron chi connectivity index (χ1n) is 7.94. The maximum absolute atomic E-state index is 12.2. The summed E-state index contributed by atoms with van der Waals surface area (Å²) in [6, 6.07) is 14.7. The highest BCUT2D eigenvalue weighted by molar-refractivity contribution is 5.91. The molecule has 3 rings (SSSR count). The van der Waals surface area contributed by atoms with Crippen molar-refractivity contribution in [2.75, 3.05) is 0 Å². The number of benzene rings is 2. The van der Waals surface area contributed by atoms with E-state index in [2.05, 4.69) is 10.5 Å². The predicted molar refractivity (Wildman–Crippen MR) is 97.8 cm³/mol. The monoisotopic (exact) mass is 334 g/mol. The van der Waals surface area contributed by atoms with Gasteiger partial charge in [0.2, 0.25) is 5.91 Å². The molecular formula is C20H18N2O3. The molecule has 0 spiro atoms. The van der Waals surface area contributed by atoms with Crippen LogP contribution in [-0.4, -0.2) is 12.1 Å². The summed E-state index contributed by atoms with van der Waals surface area (Å²) in [5.74, 6) is -0.292. The van der Waals surface area contributed by atoms with Crippen LogP contribution in [0.4, 0.5) is 0 Å². The maximum Gasteiger partial charge on any atom is 0.336 e. The van der Waals surface area contributed by atoms with Crippen molar-refractivity contribution in [3.63, 3.8) is 0 Å². The molecule has 25 heavy (non-hydrogen) atoms. The van der Waals surface area contributed by atoms with Crippen molar-refractivity contribution in [3.8, 4) is 0 Å². The number of hydrazone groups is 1. The van der Waals surface area contributed by atoms with E-state index in [1.54, 1.807) is 6.21 Å². The lowest BCUT2D eigenvalue weighted by Gasteiger charge is -2.09. The Morgan fingerprint density at radius 2 is 1.84 bits per heavy atom. The normalized spacial score (nSPS) is 11.1. The number of aryl methyl sites for hydroxylation is 2. The number of nitrogens with one attached hydrogen (secondary N) is 1. The molecule has 0 saturated heterocycles. The first-order chi connectivity index (χ1) is 12.0. The van der Waals surface area contributed by atoms with Gasteiger partial charge in [0, 0.05) is 11.5 Å². The molecule has 1 amide bonds. The molecule has 126 valence electrons. The molecule has 5 nitrogen and oxygen atoms in total. The Hall–Kier alpha value is -3.21. The van der Waals surface area contributed by atoms with E-state index >= 15 is 0 Å². The van der Waals surface area contributed by atoms with E-state index in [0.29, 0.717) is 11.1 Å². The number of amides is 1. The number of carbonyl (C=O) groups is 1. The maximum atomic E-state index is 12.2. The molecule has 0 aliphatic heterocycles. The van der Waals surface area contributed by atoms with Crippen LogP contribution in [0, 0.1) is 13.8 Å². The van der Waals surface area contributed by atoms with Crippen molar-refractivity contribution in [1.29, 1.82) is 0 Å². The molecule has 0 fully saturated rings. The third kappa shape index (κ3) is 3.83. The van der Waals surface area contributed by atoms with Crippen LogP contribution in [0.5, 0.6) is 0 Å². The van der Waals surface area contributed by atoms with Crippen LogP contribution < -0.4 is 11.1 Å². The molecule has 2 aromatic carbocycles. The van der Waals surface area contributed by atoms with Gasteiger partial charge in [0.1, 0.15) is 5.58 Å². The highest BCUT2D eigenvalue weighted by Gasteiger charge is 2.13. The topological polar surface area (TPSA) is 71.7 Å². The average Bonchev–Trinajstić information content (AvgIpc) is 2.59. The molecular weight excluding hydrogens is 316 g/mol. The highest BCUT2D eigenvalue weighted by atomic mass is 16.4. The van der Waals surface area contributed by atoms with Crippen molar-refractivity contribution >= 4 is 23.1 Å². The van der Waals surface area contributed by atoms with Crippen molar-refractivity contribution in [2.45, 2.75) is 20.3 Å². The third-order valence-electron chi connectivity index (χ3n) is 3.93. The Balaban J connectivity index is 1.83. The minimum atomic E-state index is -0.461. The van der Waals surface area contributed by atoms with Crippen molar-refractivity contribution < 1.29 is 9.21 Å². The first-order valence-corrected chi connectivity index (χ1v) is 7.94. The Morgan fingerprint density at radius 3 is 2.60 bits per heavy atom. The molecule has 0 saturated carbocycles. The van der Waals surface area contributed by atoms with Gasteiger partial charge in [-0.2, -0.15) is 5.10 Å². The van der Waals surface area contributed by atoms with Crippen molar-refractivity contribution in [2.24, 2.45) is 5.10 Å². The fourth-order valence-corrected chi connectivity index (χ4v) is 2.73. The third-order valence-corrected chi connectivity index (χ3v) is 3.93. The van der Waals surface area contributed by atoms with E-state index in [-0.39, 0.29) is 12.3 Å². The molecule has 0 aliphatic rings. The van der Waals surface area contributed by atoms with Gasteiger partial charge in [0.05, 0.1) is 12.6 Å². The van der Waals surface area contributed by atoms with E-state index in [4.69, 9.17) is 4.42 Å².